The van der Waals surface area contributed by atoms with Crippen LogP contribution in [0.1, 0.15) is 32.7 Å². The third-order valence-corrected chi connectivity index (χ3v) is 6.05. The Morgan fingerprint density at radius 3 is 2.53 bits per heavy atom. The van der Waals surface area contributed by atoms with Crippen molar-refractivity contribution in [3.05, 3.63) is 104 Å². The van der Waals surface area contributed by atoms with Crippen molar-refractivity contribution in [1.29, 1.82) is 0 Å². The van der Waals surface area contributed by atoms with Crippen molar-refractivity contribution in [3.63, 3.8) is 0 Å². The maximum Gasteiger partial charge on any atom is 0.339 e. The molecule has 1 N–H and O–H groups in total. The first kappa shape index (κ1) is 21.4. The predicted molar refractivity (Wildman–Crippen MR) is 128 cm³/mol. The number of carbonyl (C=O) groups is 2. The zero-order valence-electron chi connectivity index (χ0n) is 18.4. The molecule has 0 saturated carbocycles. The third-order valence-electron chi connectivity index (χ3n) is 6.05. The molecule has 1 amide bonds. The first-order valence-corrected chi connectivity index (χ1v) is 10.9. The van der Waals surface area contributed by atoms with Crippen LogP contribution in [0, 0.1) is 0 Å². The maximum atomic E-state index is 13.5. The van der Waals surface area contributed by atoms with Crippen molar-refractivity contribution < 1.29 is 14.3 Å². The number of amides is 1. The summed E-state index contributed by atoms with van der Waals surface area (Å²) in [6, 6.07) is 18.6. The summed E-state index contributed by atoms with van der Waals surface area (Å²) >= 11 is 0. The Labute approximate surface area is 194 Å². The summed E-state index contributed by atoms with van der Waals surface area (Å²) in [5, 5.41) is 0.277. The normalized spacial score (nSPS) is 12.9. The van der Waals surface area contributed by atoms with Crippen LogP contribution in [0.15, 0.2) is 76.3 Å². The lowest BCUT2D eigenvalue weighted by atomic mass is 10.00. The topological polar surface area (TPSA) is 101 Å². The highest BCUT2D eigenvalue weighted by Crippen LogP contribution is 2.29. The van der Waals surface area contributed by atoms with Crippen molar-refractivity contribution in [2.75, 3.05) is 18.6 Å². The maximum absolute atomic E-state index is 13.5. The molecule has 0 bridgehead atoms. The van der Waals surface area contributed by atoms with Crippen LogP contribution in [0.5, 0.6) is 0 Å². The van der Waals surface area contributed by atoms with Crippen molar-refractivity contribution in [2.24, 2.45) is 0 Å². The number of benzene rings is 3. The van der Waals surface area contributed by atoms with Gasteiger partial charge in [-0.25, -0.2) is 14.2 Å². The molecule has 0 aliphatic carbocycles. The number of hydrogen-bond donors (Lipinski definition) is 1. The van der Waals surface area contributed by atoms with Gasteiger partial charge in [0.25, 0.3) is 11.5 Å². The number of para-hydroxylation sites is 2. The molecule has 1 aromatic heterocycles. The Balaban J connectivity index is 1.70. The van der Waals surface area contributed by atoms with Gasteiger partial charge in [-0.3, -0.25) is 9.59 Å². The molecule has 0 unspecified atom stereocenters. The van der Waals surface area contributed by atoms with Crippen LogP contribution in [-0.2, 0) is 11.2 Å². The number of aryl methyl sites for hydroxylation is 1. The SMILES string of the molecule is COC(=O)c1ccc(C(=O)N2CCCc3ccccc32)cc1-n1c(=O)[nH]c2ccccc2c1=O. The highest BCUT2D eigenvalue weighted by atomic mass is 16.5. The van der Waals surface area contributed by atoms with Gasteiger partial charge in [0.15, 0.2) is 0 Å². The second kappa shape index (κ2) is 8.47. The Hall–Kier alpha value is -4.46. The van der Waals surface area contributed by atoms with Crippen molar-refractivity contribution >= 4 is 28.5 Å². The average Bonchev–Trinajstić information content (AvgIpc) is 2.87. The Kier molecular flexibility index (Phi) is 5.33. The first-order chi connectivity index (χ1) is 16.5. The van der Waals surface area contributed by atoms with E-state index in [1.807, 2.05) is 24.3 Å². The molecule has 1 aliphatic heterocycles. The lowest BCUT2D eigenvalue weighted by molar-refractivity contribution is 0.0600. The molecule has 1 aliphatic rings. The number of aromatic nitrogens is 2. The molecule has 0 spiro atoms. The molecule has 2 heterocycles. The zero-order chi connectivity index (χ0) is 23.8. The number of aromatic amines is 1. The number of esters is 1. The molecule has 8 heteroatoms. The van der Waals surface area contributed by atoms with Crippen molar-refractivity contribution in [3.8, 4) is 5.69 Å². The molecular formula is C26H21N3O5. The summed E-state index contributed by atoms with van der Waals surface area (Å²) in [5.74, 6) is -1.01. The number of H-pyrrole nitrogens is 1. The molecule has 3 aromatic carbocycles. The summed E-state index contributed by atoms with van der Waals surface area (Å²) in [6.07, 6.45) is 1.70. The van der Waals surface area contributed by atoms with E-state index in [1.165, 1.54) is 25.3 Å². The Bertz CT molecular complexity index is 1570. The quantitative estimate of drug-likeness (QED) is 0.479. The molecular weight excluding hydrogens is 434 g/mol. The van der Waals surface area contributed by atoms with Crippen LogP contribution < -0.4 is 16.1 Å². The predicted octanol–water partition coefficient (Wildman–Crippen LogP) is 3.06. The van der Waals surface area contributed by atoms with E-state index in [4.69, 9.17) is 4.74 Å². The van der Waals surface area contributed by atoms with Gasteiger partial charge in [0.05, 0.1) is 29.3 Å². The fraction of sp³-hybridized carbons (Fsp3) is 0.154. The van der Waals surface area contributed by atoms with E-state index in [2.05, 4.69) is 4.98 Å². The standard InChI is InChI=1S/C26H21N3O5/c1-34-25(32)19-13-12-17(23(30)28-14-6-8-16-7-2-5-11-21(16)28)15-22(19)29-24(31)18-9-3-4-10-20(18)27-26(29)33/h2-5,7,9-13,15H,6,8,14H2,1H3,(H,27,33). The monoisotopic (exact) mass is 455 g/mol. The van der Waals surface area contributed by atoms with Crippen LogP contribution in [0.25, 0.3) is 16.6 Å². The zero-order valence-corrected chi connectivity index (χ0v) is 18.4. The molecule has 4 aromatic rings. The Morgan fingerprint density at radius 1 is 0.941 bits per heavy atom. The van der Waals surface area contributed by atoms with Crippen molar-refractivity contribution in [2.45, 2.75) is 12.8 Å². The van der Waals surface area contributed by atoms with E-state index in [0.29, 0.717) is 12.1 Å². The van der Waals surface area contributed by atoms with Gasteiger partial charge in [-0.15, -0.1) is 0 Å². The fourth-order valence-corrected chi connectivity index (χ4v) is 4.41. The first-order valence-electron chi connectivity index (χ1n) is 10.9. The van der Waals surface area contributed by atoms with Gasteiger partial charge < -0.3 is 14.6 Å². The lowest BCUT2D eigenvalue weighted by Crippen LogP contribution is -2.37. The number of ether oxygens (including phenoxy) is 1. The summed E-state index contributed by atoms with van der Waals surface area (Å²) in [6.45, 7) is 0.542. The lowest BCUT2D eigenvalue weighted by Gasteiger charge is -2.29. The molecule has 5 rings (SSSR count). The molecule has 34 heavy (non-hydrogen) atoms. The summed E-state index contributed by atoms with van der Waals surface area (Å²) in [5.41, 5.74) is 1.21. The third kappa shape index (κ3) is 3.49. The number of nitrogens with one attached hydrogen (secondary N) is 1. The smallest absolute Gasteiger partial charge is 0.339 e. The van der Waals surface area contributed by atoms with E-state index in [1.54, 1.807) is 29.2 Å². The molecule has 0 fully saturated rings. The minimum absolute atomic E-state index is 0.000903. The highest BCUT2D eigenvalue weighted by molar-refractivity contribution is 6.08. The van der Waals surface area contributed by atoms with Crippen molar-refractivity contribution in [1.82, 2.24) is 9.55 Å². The largest absolute Gasteiger partial charge is 0.465 e. The van der Waals surface area contributed by atoms with Gasteiger partial charge in [0.1, 0.15) is 0 Å². The number of rotatable bonds is 3. The van der Waals surface area contributed by atoms with E-state index in [0.717, 1.165) is 28.7 Å². The number of anilines is 1. The van der Waals surface area contributed by atoms with Crippen LogP contribution in [0.2, 0.25) is 0 Å². The van der Waals surface area contributed by atoms with Crippen LogP contribution >= 0.6 is 0 Å². The molecule has 8 nitrogen and oxygen atoms in total. The van der Waals surface area contributed by atoms with Gasteiger partial charge >= 0.3 is 11.7 Å². The minimum Gasteiger partial charge on any atom is -0.465 e. The number of carbonyl (C=O) groups excluding carboxylic acids is 2. The molecule has 0 atom stereocenters. The minimum atomic E-state index is -0.725. The fourth-order valence-electron chi connectivity index (χ4n) is 4.41. The van der Waals surface area contributed by atoms with E-state index in [9.17, 15) is 19.2 Å². The second-order valence-electron chi connectivity index (χ2n) is 8.03. The van der Waals surface area contributed by atoms with Crippen LogP contribution in [0.3, 0.4) is 0 Å². The highest BCUT2D eigenvalue weighted by Gasteiger charge is 2.26. The van der Waals surface area contributed by atoms with Gasteiger partial charge in [-0.05, 0) is 54.8 Å². The summed E-state index contributed by atoms with van der Waals surface area (Å²) in [4.78, 5) is 56.5. The number of hydrogen-bond acceptors (Lipinski definition) is 5. The number of nitrogens with zero attached hydrogens (tertiary/aromatic N) is 2. The van der Waals surface area contributed by atoms with E-state index in [-0.39, 0.29) is 28.1 Å². The van der Waals surface area contributed by atoms with E-state index < -0.39 is 17.2 Å². The molecule has 170 valence electrons. The van der Waals surface area contributed by atoms with Crippen LogP contribution in [-0.4, -0.2) is 35.1 Å². The van der Waals surface area contributed by atoms with Crippen LogP contribution in [0.4, 0.5) is 5.69 Å². The van der Waals surface area contributed by atoms with Gasteiger partial charge in [-0.2, -0.15) is 0 Å². The van der Waals surface area contributed by atoms with Gasteiger partial charge in [0, 0.05) is 17.8 Å². The molecule has 0 saturated heterocycles. The van der Waals surface area contributed by atoms with Gasteiger partial charge in [-0.1, -0.05) is 30.3 Å². The Morgan fingerprint density at radius 2 is 1.71 bits per heavy atom. The van der Waals surface area contributed by atoms with Gasteiger partial charge in [0.2, 0.25) is 0 Å². The number of fused-ring (bicyclic) bond motifs is 2. The summed E-state index contributed by atoms with van der Waals surface area (Å²) < 4.78 is 5.74. The molecule has 0 radical (unpaired) electrons. The summed E-state index contributed by atoms with van der Waals surface area (Å²) in [7, 11) is 1.21. The number of methoxy groups -OCH3 is 1. The van der Waals surface area contributed by atoms with E-state index >= 15 is 0 Å². The average molecular weight is 455 g/mol. The second-order valence-corrected chi connectivity index (χ2v) is 8.03.